The first-order valence-electron chi connectivity index (χ1n) is 8.83. The van der Waals surface area contributed by atoms with Crippen LogP contribution < -0.4 is 10.0 Å². The highest BCUT2D eigenvalue weighted by atomic mass is 127. The van der Waals surface area contributed by atoms with Crippen molar-refractivity contribution < 1.29 is 8.42 Å². The van der Waals surface area contributed by atoms with Gasteiger partial charge in [-0.15, -0.1) is 24.0 Å². The number of benzene rings is 1. The molecular weight excluding hydrogens is 463 g/mol. The molecule has 1 aromatic carbocycles. The Morgan fingerprint density at radius 1 is 1.15 bits per heavy atom. The Hall–Kier alpha value is -0.870. The molecule has 8 heteroatoms. The number of piperidine rings is 1. The fourth-order valence-electron chi connectivity index (χ4n) is 3.33. The van der Waals surface area contributed by atoms with Crippen LogP contribution in [0.1, 0.15) is 25.8 Å². The van der Waals surface area contributed by atoms with Crippen molar-refractivity contribution in [2.45, 2.75) is 32.1 Å². The van der Waals surface area contributed by atoms with Gasteiger partial charge in [0.15, 0.2) is 5.96 Å². The summed E-state index contributed by atoms with van der Waals surface area (Å²) in [6.45, 7) is 9.22. The van der Waals surface area contributed by atoms with E-state index in [0.29, 0.717) is 29.8 Å². The van der Waals surface area contributed by atoms with Gasteiger partial charge >= 0.3 is 0 Å². The third-order valence-electron chi connectivity index (χ3n) is 4.41. The molecule has 1 heterocycles. The van der Waals surface area contributed by atoms with E-state index in [1.165, 1.54) is 6.42 Å². The smallest absolute Gasteiger partial charge is 0.240 e. The molecule has 26 heavy (non-hydrogen) atoms. The van der Waals surface area contributed by atoms with Crippen molar-refractivity contribution in [3.05, 3.63) is 29.8 Å². The lowest BCUT2D eigenvalue weighted by Crippen LogP contribution is -2.49. The topological polar surface area (TPSA) is 73.8 Å². The Labute approximate surface area is 174 Å². The average Bonchev–Trinajstić information content (AvgIpc) is 2.54. The summed E-state index contributed by atoms with van der Waals surface area (Å²) in [5.41, 5.74) is 1.04. The summed E-state index contributed by atoms with van der Waals surface area (Å²) in [5.74, 6) is 2.12. The molecule has 0 radical (unpaired) electrons. The molecule has 1 saturated heterocycles. The molecule has 1 aromatic rings. The number of aryl methyl sites for hydroxylation is 1. The van der Waals surface area contributed by atoms with Crippen LogP contribution in [0, 0.1) is 18.8 Å². The second-order valence-electron chi connectivity index (χ2n) is 7.04. The van der Waals surface area contributed by atoms with Crippen LogP contribution in [-0.2, 0) is 10.0 Å². The minimum Gasteiger partial charge on any atom is -0.355 e. The SMILES string of the molecule is CN=C(NCCNS(=O)(=O)c1ccc(C)cc1)N1CC(C)CC(C)C1.I. The predicted molar refractivity (Wildman–Crippen MR) is 118 cm³/mol. The van der Waals surface area contributed by atoms with Gasteiger partial charge in [0, 0.05) is 33.2 Å². The Kier molecular flexibility index (Phi) is 9.32. The summed E-state index contributed by atoms with van der Waals surface area (Å²) in [4.78, 5) is 6.89. The van der Waals surface area contributed by atoms with Crippen molar-refractivity contribution in [1.82, 2.24) is 14.9 Å². The standard InChI is InChI=1S/C18H30N4O2S.HI/c1-14-5-7-17(8-6-14)25(23,24)21-10-9-20-18(19-4)22-12-15(2)11-16(3)13-22;/h5-8,15-16,21H,9-13H2,1-4H3,(H,19,20);1H. The maximum absolute atomic E-state index is 12.3. The Morgan fingerprint density at radius 2 is 1.73 bits per heavy atom. The van der Waals surface area contributed by atoms with E-state index in [9.17, 15) is 8.42 Å². The second kappa shape index (κ2) is 10.5. The quantitative estimate of drug-likeness (QED) is 0.286. The zero-order valence-corrected chi connectivity index (χ0v) is 19.2. The molecule has 148 valence electrons. The molecule has 0 amide bonds. The van der Waals surface area contributed by atoms with Gasteiger partial charge in [0.1, 0.15) is 0 Å². The third-order valence-corrected chi connectivity index (χ3v) is 5.89. The first-order valence-corrected chi connectivity index (χ1v) is 10.3. The second-order valence-corrected chi connectivity index (χ2v) is 8.80. The molecule has 0 spiro atoms. The number of nitrogens with one attached hydrogen (secondary N) is 2. The van der Waals surface area contributed by atoms with Gasteiger partial charge < -0.3 is 10.2 Å². The number of hydrogen-bond donors (Lipinski definition) is 2. The van der Waals surface area contributed by atoms with Gasteiger partial charge in [0.2, 0.25) is 10.0 Å². The van der Waals surface area contributed by atoms with Crippen molar-refractivity contribution in [1.29, 1.82) is 0 Å². The molecule has 0 bridgehead atoms. The zero-order valence-electron chi connectivity index (χ0n) is 16.0. The van der Waals surface area contributed by atoms with Crippen molar-refractivity contribution in [2.24, 2.45) is 16.8 Å². The van der Waals surface area contributed by atoms with E-state index in [-0.39, 0.29) is 24.0 Å². The average molecular weight is 494 g/mol. The Morgan fingerprint density at radius 3 is 2.27 bits per heavy atom. The van der Waals surface area contributed by atoms with Gasteiger partial charge in [-0.25, -0.2) is 13.1 Å². The van der Waals surface area contributed by atoms with Crippen LogP contribution in [0.2, 0.25) is 0 Å². The minimum atomic E-state index is -3.47. The highest BCUT2D eigenvalue weighted by Gasteiger charge is 2.23. The number of likely N-dealkylation sites (tertiary alicyclic amines) is 1. The largest absolute Gasteiger partial charge is 0.355 e. The summed E-state index contributed by atoms with van der Waals surface area (Å²) in [6, 6.07) is 6.85. The van der Waals surface area contributed by atoms with Crippen molar-refractivity contribution in [3.63, 3.8) is 0 Å². The molecule has 0 aliphatic carbocycles. The van der Waals surface area contributed by atoms with Gasteiger partial charge in [-0.1, -0.05) is 31.5 Å². The number of aliphatic imine (C=N–C) groups is 1. The number of guanidine groups is 1. The Bertz CT molecular complexity index is 682. The van der Waals surface area contributed by atoms with Gasteiger partial charge in [0.05, 0.1) is 4.90 Å². The summed E-state index contributed by atoms with van der Waals surface area (Å²) in [6.07, 6.45) is 1.24. The van der Waals surface area contributed by atoms with Crippen LogP contribution >= 0.6 is 24.0 Å². The molecule has 2 unspecified atom stereocenters. The third kappa shape index (κ3) is 6.70. The van der Waals surface area contributed by atoms with E-state index >= 15 is 0 Å². The molecule has 2 rings (SSSR count). The van der Waals surface area contributed by atoms with Crippen LogP contribution in [0.25, 0.3) is 0 Å². The molecule has 1 fully saturated rings. The van der Waals surface area contributed by atoms with E-state index in [2.05, 4.69) is 33.8 Å². The van der Waals surface area contributed by atoms with Gasteiger partial charge in [-0.05, 0) is 37.3 Å². The first-order chi connectivity index (χ1) is 11.8. The number of rotatable bonds is 5. The normalized spacial score (nSPS) is 21.2. The lowest BCUT2D eigenvalue weighted by molar-refractivity contribution is 0.208. The van der Waals surface area contributed by atoms with Crippen LogP contribution in [0.5, 0.6) is 0 Å². The van der Waals surface area contributed by atoms with E-state index < -0.39 is 10.0 Å². The molecule has 0 saturated carbocycles. The number of nitrogens with zero attached hydrogens (tertiary/aromatic N) is 2. The number of hydrogen-bond acceptors (Lipinski definition) is 3. The maximum Gasteiger partial charge on any atom is 0.240 e. The van der Waals surface area contributed by atoms with Crippen LogP contribution in [0.15, 0.2) is 34.2 Å². The summed E-state index contributed by atoms with van der Waals surface area (Å²) >= 11 is 0. The summed E-state index contributed by atoms with van der Waals surface area (Å²) in [5, 5.41) is 3.26. The van der Waals surface area contributed by atoms with Crippen molar-refractivity contribution in [2.75, 3.05) is 33.2 Å². The maximum atomic E-state index is 12.3. The molecule has 0 aromatic heterocycles. The lowest BCUT2D eigenvalue weighted by atomic mass is 9.92. The predicted octanol–water partition coefficient (Wildman–Crippen LogP) is 2.44. The zero-order chi connectivity index (χ0) is 18.4. The van der Waals surface area contributed by atoms with Crippen molar-refractivity contribution >= 4 is 40.0 Å². The van der Waals surface area contributed by atoms with Crippen molar-refractivity contribution in [3.8, 4) is 0 Å². The van der Waals surface area contributed by atoms with E-state index in [1.807, 2.05) is 6.92 Å². The summed E-state index contributed by atoms with van der Waals surface area (Å²) in [7, 11) is -1.70. The fraction of sp³-hybridized carbons (Fsp3) is 0.611. The molecule has 1 aliphatic rings. The minimum absolute atomic E-state index is 0. The molecule has 1 aliphatic heterocycles. The van der Waals surface area contributed by atoms with E-state index in [4.69, 9.17) is 0 Å². The van der Waals surface area contributed by atoms with Crippen LogP contribution in [-0.4, -0.2) is 52.5 Å². The van der Waals surface area contributed by atoms with Gasteiger partial charge in [-0.2, -0.15) is 0 Å². The summed E-state index contributed by atoms with van der Waals surface area (Å²) < 4.78 is 27.2. The molecule has 2 atom stereocenters. The fourth-order valence-corrected chi connectivity index (χ4v) is 4.36. The number of sulfonamides is 1. The molecular formula is C18H31IN4O2S. The molecule has 6 nitrogen and oxygen atoms in total. The van der Waals surface area contributed by atoms with Crippen LogP contribution in [0.3, 0.4) is 0 Å². The van der Waals surface area contributed by atoms with E-state index in [0.717, 1.165) is 24.6 Å². The number of halogens is 1. The lowest BCUT2D eigenvalue weighted by Gasteiger charge is -2.37. The van der Waals surface area contributed by atoms with Gasteiger partial charge in [-0.3, -0.25) is 4.99 Å². The van der Waals surface area contributed by atoms with Gasteiger partial charge in [0.25, 0.3) is 0 Å². The highest BCUT2D eigenvalue weighted by Crippen LogP contribution is 2.20. The van der Waals surface area contributed by atoms with Crippen LogP contribution in [0.4, 0.5) is 0 Å². The first kappa shape index (κ1) is 23.2. The molecule has 2 N–H and O–H groups in total. The van der Waals surface area contributed by atoms with E-state index in [1.54, 1.807) is 31.3 Å². The monoisotopic (exact) mass is 494 g/mol. The Balaban J connectivity index is 0.00000338. The highest BCUT2D eigenvalue weighted by molar-refractivity contribution is 14.0.